The number of rotatable bonds is 9. The maximum absolute atomic E-state index is 12.3. The highest BCUT2D eigenvalue weighted by molar-refractivity contribution is 7.23. The van der Waals surface area contributed by atoms with E-state index in [4.69, 9.17) is 39.5 Å². The van der Waals surface area contributed by atoms with Gasteiger partial charge in [-0.1, -0.05) is 67.7 Å². The number of carboxylic acid groups (broad SMARTS) is 1. The highest BCUT2D eigenvalue weighted by Crippen LogP contribution is 2.39. The average Bonchev–Trinajstić information content (AvgIpc) is 3.35. The zero-order chi connectivity index (χ0) is 30.4. The van der Waals surface area contributed by atoms with Crippen LogP contribution in [0, 0.1) is 10.8 Å². The summed E-state index contributed by atoms with van der Waals surface area (Å²) in [6.07, 6.45) is 1.17. The van der Waals surface area contributed by atoms with Gasteiger partial charge >= 0.3 is 5.97 Å². The Labute approximate surface area is 265 Å². The molecule has 0 aliphatic heterocycles. The molecule has 0 fully saturated rings. The zero-order valence-electron chi connectivity index (χ0n) is 24.2. The number of halogens is 3. The quantitative estimate of drug-likeness (QED) is 0.174. The Balaban J connectivity index is 1.58. The molecule has 220 valence electrons. The Morgan fingerprint density at radius 2 is 1.69 bits per heavy atom. The third-order valence-corrected chi connectivity index (χ3v) is 9.47. The van der Waals surface area contributed by atoms with E-state index in [1.54, 1.807) is 13.8 Å². The van der Waals surface area contributed by atoms with Crippen molar-refractivity contribution < 1.29 is 14.6 Å². The Morgan fingerprint density at radius 1 is 0.976 bits per heavy atom. The third-order valence-electron chi connectivity index (χ3n) is 7.29. The molecule has 0 saturated carbocycles. The number of hydrogen-bond donors (Lipinski definition) is 1. The van der Waals surface area contributed by atoms with Crippen LogP contribution in [0.3, 0.4) is 0 Å². The molecular formula is C33H33Cl3N2O3S. The Kier molecular flexibility index (Phi) is 8.56. The summed E-state index contributed by atoms with van der Waals surface area (Å²) in [6.45, 7) is 11.0. The SMILES string of the molecule is CC(C)(C)Cc1c(CC(C)(C)C(=O)O)n(Cc2ccc(Cl)cc2)c2ccc(OCc3ccc4sc(Cl)c(Cl)c4n3)cc12. The van der Waals surface area contributed by atoms with Gasteiger partial charge in [-0.2, -0.15) is 0 Å². The molecule has 0 saturated heterocycles. The number of ether oxygens (including phenoxy) is 1. The number of nitrogens with zero attached hydrogens (tertiary/aromatic N) is 2. The summed E-state index contributed by atoms with van der Waals surface area (Å²) in [6, 6.07) is 17.8. The summed E-state index contributed by atoms with van der Waals surface area (Å²) in [5, 5.41) is 12.3. The molecule has 0 aliphatic rings. The van der Waals surface area contributed by atoms with Crippen molar-refractivity contribution in [2.24, 2.45) is 10.8 Å². The smallest absolute Gasteiger partial charge is 0.309 e. The highest BCUT2D eigenvalue weighted by Gasteiger charge is 2.32. The van der Waals surface area contributed by atoms with E-state index >= 15 is 0 Å². The number of carbonyl (C=O) groups is 1. The first-order valence-corrected chi connectivity index (χ1v) is 15.6. The van der Waals surface area contributed by atoms with Crippen molar-refractivity contribution in [2.45, 2.75) is 60.6 Å². The molecule has 3 heterocycles. The van der Waals surface area contributed by atoms with Crippen LogP contribution in [0.15, 0.2) is 54.6 Å². The molecule has 5 aromatic rings. The van der Waals surface area contributed by atoms with Gasteiger partial charge in [0, 0.05) is 34.6 Å². The molecular weight excluding hydrogens is 611 g/mol. The van der Waals surface area contributed by atoms with Gasteiger partial charge in [-0.3, -0.25) is 4.79 Å². The summed E-state index contributed by atoms with van der Waals surface area (Å²) >= 11 is 20.1. The third kappa shape index (κ3) is 6.57. The average molecular weight is 644 g/mol. The van der Waals surface area contributed by atoms with Crippen molar-refractivity contribution in [3.05, 3.63) is 91.5 Å². The Morgan fingerprint density at radius 3 is 2.36 bits per heavy atom. The van der Waals surface area contributed by atoms with Gasteiger partial charge in [0.1, 0.15) is 22.2 Å². The maximum atomic E-state index is 12.3. The summed E-state index contributed by atoms with van der Waals surface area (Å²) in [4.78, 5) is 16.9. The number of hydrogen-bond acceptors (Lipinski definition) is 4. The lowest BCUT2D eigenvalue weighted by atomic mass is 9.82. The van der Waals surface area contributed by atoms with Crippen LogP contribution < -0.4 is 4.74 Å². The number of aliphatic carboxylic acids is 1. The minimum Gasteiger partial charge on any atom is -0.487 e. The number of benzene rings is 2. The summed E-state index contributed by atoms with van der Waals surface area (Å²) in [5.74, 6) is -0.116. The van der Waals surface area contributed by atoms with E-state index in [0.29, 0.717) is 38.6 Å². The van der Waals surface area contributed by atoms with Crippen molar-refractivity contribution in [3.8, 4) is 5.75 Å². The van der Waals surface area contributed by atoms with Crippen LogP contribution in [0.4, 0.5) is 0 Å². The fourth-order valence-electron chi connectivity index (χ4n) is 5.12. The number of fused-ring (bicyclic) bond motifs is 2. The van der Waals surface area contributed by atoms with E-state index in [2.05, 4.69) is 42.5 Å². The standard InChI is InChI=1S/C33H33Cl3N2O3S/c1-32(2,3)15-24-23-14-22(41-18-21-10-13-27-29(37-21)28(35)30(36)42-27)11-12-25(23)38(17-19-6-8-20(34)9-7-19)26(24)16-33(4,5)31(39)40/h6-14H,15-18H2,1-5H3,(H,39,40). The molecule has 0 amide bonds. The second kappa shape index (κ2) is 11.7. The molecule has 5 rings (SSSR count). The van der Waals surface area contributed by atoms with Gasteiger partial charge in [0.05, 0.1) is 20.8 Å². The van der Waals surface area contributed by atoms with Gasteiger partial charge in [0.25, 0.3) is 0 Å². The molecule has 9 heteroatoms. The molecule has 0 radical (unpaired) electrons. The molecule has 3 aromatic heterocycles. The number of carboxylic acids is 1. The largest absolute Gasteiger partial charge is 0.487 e. The van der Waals surface area contributed by atoms with Gasteiger partial charge in [0.15, 0.2) is 0 Å². The number of pyridine rings is 1. The minimum absolute atomic E-state index is 0.0290. The van der Waals surface area contributed by atoms with Crippen LogP contribution in [-0.4, -0.2) is 20.6 Å². The van der Waals surface area contributed by atoms with E-state index in [9.17, 15) is 9.90 Å². The van der Waals surface area contributed by atoms with Gasteiger partial charge in [0.2, 0.25) is 0 Å². The van der Waals surface area contributed by atoms with Gasteiger partial charge in [-0.15, -0.1) is 11.3 Å². The van der Waals surface area contributed by atoms with Gasteiger partial charge in [-0.05, 0) is 79.3 Å². The van der Waals surface area contributed by atoms with E-state index in [-0.39, 0.29) is 12.0 Å². The van der Waals surface area contributed by atoms with E-state index in [1.807, 2.05) is 42.5 Å². The summed E-state index contributed by atoms with van der Waals surface area (Å²) < 4.78 is 9.96. The molecule has 0 bridgehead atoms. The fraction of sp³-hybridized carbons (Fsp3) is 0.333. The van der Waals surface area contributed by atoms with E-state index in [0.717, 1.165) is 44.5 Å². The van der Waals surface area contributed by atoms with Crippen molar-refractivity contribution in [2.75, 3.05) is 0 Å². The molecule has 2 aromatic carbocycles. The first kappa shape index (κ1) is 30.7. The monoisotopic (exact) mass is 642 g/mol. The first-order valence-electron chi connectivity index (χ1n) is 13.7. The topological polar surface area (TPSA) is 64.3 Å². The van der Waals surface area contributed by atoms with Gasteiger partial charge in [-0.25, -0.2) is 4.98 Å². The lowest BCUT2D eigenvalue weighted by Gasteiger charge is -2.24. The van der Waals surface area contributed by atoms with Crippen molar-refractivity contribution in [1.82, 2.24) is 9.55 Å². The second-order valence-corrected chi connectivity index (χ2v) is 15.0. The molecule has 0 aliphatic carbocycles. The lowest BCUT2D eigenvalue weighted by molar-refractivity contribution is -0.146. The summed E-state index contributed by atoms with van der Waals surface area (Å²) in [5.41, 5.74) is 4.74. The lowest BCUT2D eigenvalue weighted by Crippen LogP contribution is -2.28. The van der Waals surface area contributed by atoms with Crippen molar-refractivity contribution in [1.29, 1.82) is 0 Å². The minimum atomic E-state index is -0.950. The predicted molar refractivity (Wildman–Crippen MR) is 175 cm³/mol. The first-order chi connectivity index (χ1) is 19.7. The van der Waals surface area contributed by atoms with Crippen LogP contribution in [-0.2, 0) is 30.8 Å². The molecule has 0 atom stereocenters. The maximum Gasteiger partial charge on any atom is 0.309 e. The van der Waals surface area contributed by atoms with E-state index < -0.39 is 11.4 Å². The highest BCUT2D eigenvalue weighted by atomic mass is 35.5. The van der Waals surface area contributed by atoms with Gasteiger partial charge < -0.3 is 14.4 Å². The molecule has 1 N–H and O–H groups in total. The number of thiophene rings is 1. The molecule has 42 heavy (non-hydrogen) atoms. The molecule has 0 spiro atoms. The van der Waals surface area contributed by atoms with Crippen LogP contribution in [0.2, 0.25) is 14.4 Å². The van der Waals surface area contributed by atoms with Crippen molar-refractivity contribution >= 4 is 73.2 Å². The Hall–Kier alpha value is -2.77. The second-order valence-electron chi connectivity index (χ2n) is 12.5. The molecule has 5 nitrogen and oxygen atoms in total. The summed E-state index contributed by atoms with van der Waals surface area (Å²) in [7, 11) is 0. The normalized spacial score (nSPS) is 12.4. The molecule has 0 unspecified atom stereocenters. The van der Waals surface area contributed by atoms with Crippen LogP contribution in [0.25, 0.3) is 21.1 Å². The zero-order valence-corrected chi connectivity index (χ0v) is 27.3. The number of aromatic nitrogens is 2. The Bertz CT molecular complexity index is 1780. The van der Waals surface area contributed by atoms with Crippen molar-refractivity contribution in [3.63, 3.8) is 0 Å². The van der Waals surface area contributed by atoms with E-state index in [1.165, 1.54) is 11.3 Å². The fourth-order valence-corrected chi connectivity index (χ4v) is 6.66. The van der Waals surface area contributed by atoms with Crippen LogP contribution >= 0.6 is 46.1 Å². The van der Waals surface area contributed by atoms with Crippen LogP contribution in [0.1, 0.15) is 57.1 Å². The van der Waals surface area contributed by atoms with Crippen LogP contribution in [0.5, 0.6) is 5.75 Å². The predicted octanol–water partition coefficient (Wildman–Crippen LogP) is 10.1.